The predicted octanol–water partition coefficient (Wildman–Crippen LogP) is 22.4. The SMILES string of the molecule is Clc1ccc(-c2c3nc(c(-c4ccc(Cl)cc4)c4[n-]c(c(-c5ccc(Cl)cc5)c5nc(c(-c6ccc(Cl)cc6)c6[n-]c2c2cc7ccccc7cc62)-c2cc6ccccc6cc2-5)c2cc5ccccc5cc42)-c2cc4ccccc4cc2-3)cc1.[Pt+2]. The minimum atomic E-state index is 0. The van der Waals surface area contributed by atoms with Crippen molar-refractivity contribution in [2.45, 2.75) is 0 Å². The van der Waals surface area contributed by atoms with Gasteiger partial charge >= 0.3 is 21.1 Å². The molecule has 0 saturated carbocycles. The van der Waals surface area contributed by atoms with Crippen molar-refractivity contribution < 1.29 is 21.1 Å². The molecule has 4 heterocycles. The Balaban J connectivity index is 0.00000588. The molecule has 2 aromatic heterocycles. The van der Waals surface area contributed by atoms with Crippen molar-refractivity contribution in [1.82, 2.24) is 19.9 Å². The smallest absolute Gasteiger partial charge is 0.656 e. The van der Waals surface area contributed by atoms with Crippen molar-refractivity contribution >= 4 is 133 Å². The van der Waals surface area contributed by atoms with Crippen LogP contribution in [-0.4, -0.2) is 9.97 Å². The van der Waals surface area contributed by atoms with E-state index in [9.17, 15) is 0 Å². The van der Waals surface area contributed by atoms with Crippen LogP contribution in [-0.2, 0) is 21.1 Å². The first kappa shape index (κ1) is 51.8. The van der Waals surface area contributed by atoms with Crippen LogP contribution in [0, 0.1) is 0 Å². The number of rotatable bonds is 4. The fourth-order valence-electron chi connectivity index (χ4n) is 13.0. The summed E-state index contributed by atoms with van der Waals surface area (Å²) in [4.78, 5) is 24.4. The molecule has 17 rings (SSSR count). The van der Waals surface area contributed by atoms with Crippen LogP contribution in [0.1, 0.15) is 0 Å². The van der Waals surface area contributed by atoms with Crippen LogP contribution in [0.4, 0.5) is 0 Å². The second kappa shape index (κ2) is 20.2. The minimum Gasteiger partial charge on any atom is -0.656 e. The molecule has 0 radical (unpaired) electrons. The molecule has 0 N–H and O–H groups in total. The molecule has 4 nitrogen and oxygen atoms in total. The number of benzene rings is 12. The van der Waals surface area contributed by atoms with Crippen LogP contribution in [0.2, 0.25) is 20.1 Å². The summed E-state index contributed by atoms with van der Waals surface area (Å²) in [5.41, 5.74) is 16.9. The normalized spacial score (nSPS) is 11.9. The summed E-state index contributed by atoms with van der Waals surface area (Å²) < 4.78 is 0. The standard InChI is InChI=1S/C76H40Cl4N4.Pt/c77-53-25-17-41(18-26-53)65-69-57-33-45-9-1-2-10-46(45)34-58(57)70(81-69)66(42-19-27-54(78)28-20-42)72-61-37-49-13-5-6-14-50(49)38-62(61)74(83-72)68(44-23-31-56(80)32-24-44)76-64-40-52-16-8-7-15-51(52)39-63(64)75(84-76)67(43-21-29-55(79)30-22-43)73-60-36-48-12-4-3-11-47(48)35-59(60)71(65)82-73;/h1-40H;/q-2;+2. The zero-order valence-corrected chi connectivity index (χ0v) is 50.0. The molecule has 0 unspecified atom stereocenters. The van der Waals surface area contributed by atoms with E-state index in [1.54, 1.807) is 0 Å². The molecule has 85 heavy (non-hydrogen) atoms. The summed E-state index contributed by atoms with van der Waals surface area (Å²) in [5, 5.41) is 14.9. The van der Waals surface area contributed by atoms with Gasteiger partial charge in [-0.15, -0.1) is 22.1 Å². The number of fused-ring (bicyclic) bond motifs is 4. The van der Waals surface area contributed by atoms with Crippen molar-refractivity contribution in [1.29, 1.82) is 0 Å². The largest absolute Gasteiger partial charge is 2.00 e. The summed E-state index contributed by atoms with van der Waals surface area (Å²) in [6.07, 6.45) is 0. The molecular formula is C76H40Cl4N4Pt. The molecule has 8 bridgehead atoms. The molecule has 1 aliphatic carbocycles. The quantitative estimate of drug-likeness (QED) is 0.176. The molecule has 12 aromatic carbocycles. The number of nitrogens with zero attached hydrogens (tertiary/aromatic N) is 4. The summed E-state index contributed by atoms with van der Waals surface area (Å²) in [7, 11) is 0. The van der Waals surface area contributed by atoms with Crippen LogP contribution in [0.15, 0.2) is 243 Å². The third-order valence-electron chi connectivity index (χ3n) is 16.9. The molecular weight excluding hydrogens is 1310 g/mol. The Bertz CT molecular complexity index is 4840. The van der Waals surface area contributed by atoms with Gasteiger partial charge in [0, 0.05) is 42.3 Å². The molecule has 402 valence electrons. The Morgan fingerprint density at radius 2 is 0.424 bits per heavy atom. The van der Waals surface area contributed by atoms with Crippen molar-refractivity contribution in [3.05, 3.63) is 263 Å². The molecule has 3 aliphatic rings. The van der Waals surface area contributed by atoms with Gasteiger partial charge in [0.15, 0.2) is 0 Å². The zero-order chi connectivity index (χ0) is 55.9. The van der Waals surface area contributed by atoms with E-state index >= 15 is 0 Å². The molecule has 9 heteroatoms. The maximum atomic E-state index is 6.85. The number of aromatic nitrogens is 4. The van der Waals surface area contributed by atoms with Gasteiger partial charge in [0.2, 0.25) is 0 Å². The zero-order valence-electron chi connectivity index (χ0n) is 44.7. The van der Waals surface area contributed by atoms with E-state index in [1.807, 2.05) is 48.5 Å². The van der Waals surface area contributed by atoms with Gasteiger partial charge in [-0.25, -0.2) is 9.97 Å². The van der Waals surface area contributed by atoms with Crippen molar-refractivity contribution in [2.24, 2.45) is 0 Å². The van der Waals surface area contributed by atoms with Gasteiger partial charge in [-0.2, -0.15) is 0 Å². The summed E-state index contributed by atoms with van der Waals surface area (Å²) in [5.74, 6) is 0. The van der Waals surface area contributed by atoms with E-state index in [4.69, 9.17) is 66.3 Å². The fraction of sp³-hybridized carbons (Fsp3) is 0. The van der Waals surface area contributed by atoms with E-state index in [1.165, 1.54) is 0 Å². The van der Waals surface area contributed by atoms with Gasteiger partial charge in [0.1, 0.15) is 0 Å². The first-order chi connectivity index (χ1) is 41.2. The monoisotopic (exact) mass is 1340 g/mol. The average Bonchev–Trinajstić information content (AvgIpc) is 1.68. The Labute approximate surface area is 522 Å². The molecule has 0 atom stereocenters. The van der Waals surface area contributed by atoms with E-state index in [2.05, 4.69) is 194 Å². The van der Waals surface area contributed by atoms with Gasteiger partial charge in [-0.05, 0) is 206 Å². The molecule has 2 aliphatic heterocycles. The van der Waals surface area contributed by atoms with Gasteiger partial charge < -0.3 is 9.97 Å². The molecule has 0 spiro atoms. The second-order valence-electron chi connectivity index (χ2n) is 21.7. The van der Waals surface area contributed by atoms with Crippen LogP contribution >= 0.6 is 46.4 Å². The van der Waals surface area contributed by atoms with E-state index in [0.29, 0.717) is 20.1 Å². The summed E-state index contributed by atoms with van der Waals surface area (Å²) >= 11 is 27.4. The summed E-state index contributed by atoms with van der Waals surface area (Å²) in [6, 6.07) is 84.8. The van der Waals surface area contributed by atoms with E-state index in [-0.39, 0.29) is 21.1 Å². The third-order valence-corrected chi connectivity index (χ3v) is 17.9. The fourth-order valence-corrected chi connectivity index (χ4v) is 13.5. The number of hydrogen-bond acceptors (Lipinski definition) is 2. The van der Waals surface area contributed by atoms with Gasteiger partial charge in [0.05, 0.1) is 22.8 Å². The van der Waals surface area contributed by atoms with E-state index in [0.717, 1.165) is 176 Å². The van der Waals surface area contributed by atoms with Crippen LogP contribution < -0.4 is 9.97 Å². The van der Waals surface area contributed by atoms with Crippen LogP contribution in [0.25, 0.3) is 176 Å². The Hall–Kier alpha value is -8.83. The van der Waals surface area contributed by atoms with Gasteiger partial charge in [-0.3, -0.25) is 0 Å². The number of halogens is 4. The minimum absolute atomic E-state index is 0. The van der Waals surface area contributed by atoms with Gasteiger partial charge in [-0.1, -0.05) is 192 Å². The molecule has 0 saturated heterocycles. The van der Waals surface area contributed by atoms with Gasteiger partial charge in [0.25, 0.3) is 0 Å². The Morgan fingerprint density at radius 1 is 0.235 bits per heavy atom. The van der Waals surface area contributed by atoms with Crippen molar-refractivity contribution in [2.75, 3.05) is 0 Å². The van der Waals surface area contributed by atoms with E-state index < -0.39 is 0 Å². The first-order valence-electron chi connectivity index (χ1n) is 27.8. The predicted molar refractivity (Wildman–Crippen MR) is 355 cm³/mol. The first-order valence-corrected chi connectivity index (χ1v) is 29.3. The second-order valence-corrected chi connectivity index (χ2v) is 23.5. The summed E-state index contributed by atoms with van der Waals surface area (Å²) in [6.45, 7) is 0. The maximum Gasteiger partial charge on any atom is 2.00 e. The number of hydrogen-bond donors (Lipinski definition) is 0. The topological polar surface area (TPSA) is 54.0 Å². The molecule has 0 fully saturated rings. The Morgan fingerprint density at radius 3 is 0.624 bits per heavy atom. The Kier molecular flexibility index (Phi) is 12.3. The van der Waals surface area contributed by atoms with Crippen LogP contribution in [0.5, 0.6) is 0 Å². The van der Waals surface area contributed by atoms with Crippen LogP contribution in [0.3, 0.4) is 0 Å². The van der Waals surface area contributed by atoms with Crippen molar-refractivity contribution in [3.63, 3.8) is 0 Å². The third kappa shape index (κ3) is 8.38. The van der Waals surface area contributed by atoms with Crippen molar-refractivity contribution in [3.8, 4) is 89.5 Å². The maximum absolute atomic E-state index is 6.85. The molecule has 14 aromatic rings. The average molecular weight is 1350 g/mol. The molecule has 0 amide bonds.